The van der Waals surface area contributed by atoms with Crippen molar-refractivity contribution in [2.24, 2.45) is 0 Å². The Morgan fingerprint density at radius 2 is 1.87 bits per heavy atom. The van der Waals surface area contributed by atoms with Gasteiger partial charge in [0, 0.05) is 18.5 Å². The molecule has 0 aliphatic rings. The smallest absolute Gasteiger partial charge is 0.0636 e. The lowest BCUT2D eigenvalue weighted by Gasteiger charge is -2.26. The number of hydrogen-bond donors (Lipinski definition) is 2. The maximum Gasteiger partial charge on any atom is 0.0636 e. The van der Waals surface area contributed by atoms with E-state index in [1.165, 1.54) is 5.56 Å². The van der Waals surface area contributed by atoms with Crippen LogP contribution in [0.2, 0.25) is 0 Å². The molecule has 0 radical (unpaired) electrons. The van der Waals surface area contributed by atoms with E-state index in [9.17, 15) is 0 Å². The van der Waals surface area contributed by atoms with Crippen LogP contribution in [0.5, 0.6) is 0 Å². The average Bonchev–Trinajstić information content (AvgIpc) is 2.18. The van der Waals surface area contributed by atoms with E-state index in [-0.39, 0.29) is 11.5 Å². The van der Waals surface area contributed by atoms with Crippen molar-refractivity contribution < 1.29 is 5.11 Å². The second kappa shape index (κ2) is 5.29. The molecule has 0 unspecified atom stereocenters. The number of aliphatic hydroxyl groups is 1. The highest BCUT2D eigenvalue weighted by molar-refractivity contribution is 5.23. The summed E-state index contributed by atoms with van der Waals surface area (Å²) in [6, 6.07) is 10.4. The van der Waals surface area contributed by atoms with Crippen LogP contribution < -0.4 is 5.32 Å². The number of benzene rings is 1. The monoisotopic (exact) mass is 207 g/mol. The molecular formula is C13H21NO. The largest absolute Gasteiger partial charge is 0.392 e. The Morgan fingerprint density at radius 3 is 2.40 bits per heavy atom. The maximum atomic E-state index is 9.16. The van der Waals surface area contributed by atoms with Crippen LogP contribution in [0.15, 0.2) is 30.3 Å². The Bertz CT molecular complexity index is 280. The molecule has 2 nitrogen and oxygen atoms in total. The van der Waals surface area contributed by atoms with Crippen molar-refractivity contribution in [3.63, 3.8) is 0 Å². The minimum atomic E-state index is -0.281. The lowest BCUT2D eigenvalue weighted by Crippen LogP contribution is -2.36. The molecule has 15 heavy (non-hydrogen) atoms. The van der Waals surface area contributed by atoms with Crippen LogP contribution in [0.25, 0.3) is 0 Å². The summed E-state index contributed by atoms with van der Waals surface area (Å²) in [5.74, 6) is 0. The molecule has 0 aromatic heterocycles. The fraction of sp³-hybridized carbons (Fsp3) is 0.538. The van der Waals surface area contributed by atoms with E-state index in [0.717, 1.165) is 6.54 Å². The van der Waals surface area contributed by atoms with Crippen molar-refractivity contribution in [2.75, 3.05) is 13.1 Å². The zero-order chi connectivity index (χ0) is 11.3. The van der Waals surface area contributed by atoms with E-state index >= 15 is 0 Å². The van der Waals surface area contributed by atoms with Gasteiger partial charge in [-0.1, -0.05) is 44.2 Å². The van der Waals surface area contributed by atoms with Crippen molar-refractivity contribution >= 4 is 0 Å². The van der Waals surface area contributed by atoms with Gasteiger partial charge in [0.15, 0.2) is 0 Å². The van der Waals surface area contributed by atoms with E-state index in [4.69, 9.17) is 5.11 Å². The Labute approximate surface area is 92.3 Å². The summed E-state index contributed by atoms with van der Waals surface area (Å²) >= 11 is 0. The van der Waals surface area contributed by atoms with Crippen molar-refractivity contribution in [1.82, 2.24) is 5.32 Å². The Hall–Kier alpha value is -0.860. The first-order chi connectivity index (χ1) is 7.02. The van der Waals surface area contributed by atoms with Crippen molar-refractivity contribution in [3.05, 3.63) is 35.9 Å². The zero-order valence-corrected chi connectivity index (χ0v) is 9.83. The van der Waals surface area contributed by atoms with E-state index in [0.29, 0.717) is 6.54 Å². The number of hydrogen-bond acceptors (Lipinski definition) is 2. The summed E-state index contributed by atoms with van der Waals surface area (Å²) in [6.07, 6.45) is -0.281. The second-order valence-corrected chi connectivity index (χ2v) is 4.73. The lowest BCUT2D eigenvalue weighted by atomic mass is 9.84. The third kappa shape index (κ3) is 4.02. The van der Waals surface area contributed by atoms with Crippen LogP contribution in [0.4, 0.5) is 0 Å². The minimum Gasteiger partial charge on any atom is -0.392 e. The van der Waals surface area contributed by atoms with Gasteiger partial charge < -0.3 is 10.4 Å². The van der Waals surface area contributed by atoms with Crippen LogP contribution in [0.1, 0.15) is 26.3 Å². The Morgan fingerprint density at radius 1 is 1.27 bits per heavy atom. The average molecular weight is 207 g/mol. The summed E-state index contributed by atoms with van der Waals surface area (Å²) in [4.78, 5) is 0. The Balaban J connectivity index is 2.52. The van der Waals surface area contributed by atoms with E-state index in [1.807, 2.05) is 6.07 Å². The fourth-order valence-corrected chi connectivity index (χ4v) is 1.58. The van der Waals surface area contributed by atoms with Gasteiger partial charge in [-0.2, -0.15) is 0 Å². The van der Waals surface area contributed by atoms with Gasteiger partial charge in [0.05, 0.1) is 6.10 Å². The van der Waals surface area contributed by atoms with E-state index < -0.39 is 0 Å². The van der Waals surface area contributed by atoms with Crippen LogP contribution in [-0.2, 0) is 5.41 Å². The number of aliphatic hydroxyl groups excluding tert-OH is 1. The summed E-state index contributed by atoms with van der Waals surface area (Å²) in [6.45, 7) is 7.73. The van der Waals surface area contributed by atoms with E-state index in [2.05, 4.69) is 43.4 Å². The van der Waals surface area contributed by atoms with Gasteiger partial charge in [0.25, 0.3) is 0 Å². The quantitative estimate of drug-likeness (QED) is 0.773. The highest BCUT2D eigenvalue weighted by atomic mass is 16.3. The lowest BCUT2D eigenvalue weighted by molar-refractivity contribution is 0.188. The standard InChI is InChI=1S/C13H21NO/c1-11(15)9-14-10-13(2,3)12-7-5-4-6-8-12/h4-8,11,14-15H,9-10H2,1-3H3/t11-/m0/s1. The van der Waals surface area contributed by atoms with Crippen LogP contribution in [-0.4, -0.2) is 24.3 Å². The summed E-state index contributed by atoms with van der Waals surface area (Å²) in [5.41, 5.74) is 1.43. The molecule has 0 saturated heterocycles. The molecule has 0 heterocycles. The Kier molecular flexibility index (Phi) is 4.30. The molecule has 0 fully saturated rings. The summed E-state index contributed by atoms with van der Waals surface area (Å²) in [5, 5.41) is 12.4. The zero-order valence-electron chi connectivity index (χ0n) is 9.83. The first-order valence-electron chi connectivity index (χ1n) is 5.47. The topological polar surface area (TPSA) is 32.3 Å². The molecule has 0 aliphatic heterocycles. The van der Waals surface area contributed by atoms with Crippen molar-refractivity contribution in [3.8, 4) is 0 Å². The molecule has 1 aromatic rings. The normalized spacial score (nSPS) is 13.9. The predicted octanol–water partition coefficient (Wildman–Crippen LogP) is 1.93. The van der Waals surface area contributed by atoms with E-state index in [1.54, 1.807) is 6.92 Å². The first kappa shape index (κ1) is 12.2. The maximum absolute atomic E-state index is 9.16. The van der Waals surface area contributed by atoms with Gasteiger partial charge in [-0.05, 0) is 12.5 Å². The molecule has 0 saturated carbocycles. The number of rotatable bonds is 5. The molecule has 0 aliphatic carbocycles. The molecule has 2 N–H and O–H groups in total. The third-order valence-electron chi connectivity index (χ3n) is 2.56. The van der Waals surface area contributed by atoms with Crippen molar-refractivity contribution in [1.29, 1.82) is 0 Å². The van der Waals surface area contributed by atoms with Crippen LogP contribution in [0.3, 0.4) is 0 Å². The van der Waals surface area contributed by atoms with Crippen LogP contribution in [0, 0.1) is 0 Å². The van der Waals surface area contributed by atoms with Gasteiger partial charge >= 0.3 is 0 Å². The molecule has 1 rings (SSSR count). The highest BCUT2D eigenvalue weighted by Gasteiger charge is 2.19. The SMILES string of the molecule is C[C@H](O)CNCC(C)(C)c1ccccc1. The summed E-state index contributed by atoms with van der Waals surface area (Å²) < 4.78 is 0. The molecule has 1 atom stereocenters. The van der Waals surface area contributed by atoms with Crippen molar-refractivity contribution in [2.45, 2.75) is 32.3 Å². The molecule has 0 bridgehead atoms. The van der Waals surface area contributed by atoms with Crippen LogP contribution >= 0.6 is 0 Å². The molecule has 1 aromatic carbocycles. The summed E-state index contributed by atoms with van der Waals surface area (Å²) in [7, 11) is 0. The first-order valence-corrected chi connectivity index (χ1v) is 5.47. The molecule has 0 spiro atoms. The molecule has 2 heteroatoms. The fourth-order valence-electron chi connectivity index (χ4n) is 1.58. The van der Waals surface area contributed by atoms with Gasteiger partial charge in [-0.15, -0.1) is 0 Å². The molecular weight excluding hydrogens is 186 g/mol. The van der Waals surface area contributed by atoms with Gasteiger partial charge in [0.2, 0.25) is 0 Å². The molecule has 84 valence electrons. The number of nitrogens with one attached hydrogen (secondary N) is 1. The molecule has 0 amide bonds. The van der Waals surface area contributed by atoms with Gasteiger partial charge in [-0.3, -0.25) is 0 Å². The highest BCUT2D eigenvalue weighted by Crippen LogP contribution is 2.21. The second-order valence-electron chi connectivity index (χ2n) is 4.73. The predicted molar refractivity (Wildman–Crippen MR) is 64.0 cm³/mol. The third-order valence-corrected chi connectivity index (χ3v) is 2.56. The van der Waals surface area contributed by atoms with Gasteiger partial charge in [0.1, 0.15) is 0 Å². The van der Waals surface area contributed by atoms with Gasteiger partial charge in [-0.25, -0.2) is 0 Å². The minimum absolute atomic E-state index is 0.107.